The van der Waals surface area contributed by atoms with Gasteiger partial charge in [0.25, 0.3) is 0 Å². The molecular formula is C38H113N4Na2O8Si3+. The first-order chi connectivity index (χ1) is 17.6. The molecule has 0 aromatic rings. The monoisotopic (exact) mass is 884 g/mol. The molecule has 1 atom stereocenters. The van der Waals surface area contributed by atoms with Gasteiger partial charge in [0.2, 0.25) is 0 Å². The van der Waals surface area contributed by atoms with Gasteiger partial charge in [0, 0.05) is 6.54 Å². The van der Waals surface area contributed by atoms with Crippen LogP contribution in [0.4, 0.5) is 0 Å². The molecule has 346 valence electrons. The minimum Gasteiger partial charge on any atom is -0.544 e. The number of quaternary nitrogens is 1. The van der Waals surface area contributed by atoms with Crippen LogP contribution in [-0.2, 0) is 22.6 Å². The number of hydrogen-bond acceptors (Lipinski definition) is 11. The molecule has 2 N–H and O–H groups in total. The number of aliphatic carboxylic acids is 2. The molecule has 1 unspecified atom stereocenters. The van der Waals surface area contributed by atoms with E-state index >= 15 is 0 Å². The summed E-state index contributed by atoms with van der Waals surface area (Å²) in [6, 6.07) is 0. The molecule has 1 rings (SSSR count). The number of nitrogens with one attached hydrogen (secondary N) is 1. The maximum Gasteiger partial charge on any atom is 1.00 e. The Morgan fingerprint density at radius 2 is 1.15 bits per heavy atom. The van der Waals surface area contributed by atoms with Crippen molar-refractivity contribution in [3.8, 4) is 0 Å². The second-order valence-electron chi connectivity index (χ2n) is 9.97. The number of likely N-dealkylation sites (N-methyl/N-ethyl adjacent to an activating group) is 1. The molecule has 0 aromatic heterocycles. The molecule has 0 aromatic carbocycles. The van der Waals surface area contributed by atoms with Crippen LogP contribution in [0.1, 0.15) is 132 Å². The van der Waals surface area contributed by atoms with Crippen LogP contribution in [-0.4, -0.2) is 138 Å². The van der Waals surface area contributed by atoms with Gasteiger partial charge in [-0.2, -0.15) is 0 Å². The van der Waals surface area contributed by atoms with Crippen LogP contribution in [0.5, 0.6) is 0 Å². The summed E-state index contributed by atoms with van der Waals surface area (Å²) >= 11 is 0. The molecule has 0 radical (unpaired) electrons. The minimum atomic E-state index is -2.21. The topological polar surface area (TPSA) is 156 Å². The standard InChI is InChI=1S/C12H33NO4Si3.C7H10N2O4.C4H11N.15CH4.2Na/c1-8-13(2)9-12(14)10-15-11-20(7,16-18(3)4)17-19(5)6;10-6(11)3-9(4-7(12)13)2-1-8-5-9;1-3-5-4-2;;;;;;;;;;;;;;;;;/h12,14,18-19H,8-11H2,1-7H3;5H,1-4H2,(H-,10,11,12,13);5H,3-4H2,1-2H3;15*1H4;;/q;;;;;;;;;;;;;;;;;;2*+1/p-1. The normalized spacial score (nSPS) is 10.5. The van der Waals surface area contributed by atoms with Crippen molar-refractivity contribution in [1.82, 2.24) is 10.2 Å². The second kappa shape index (κ2) is 72.6. The molecule has 0 spiro atoms. The zero-order chi connectivity index (χ0) is 29.8. The summed E-state index contributed by atoms with van der Waals surface area (Å²) in [5, 5.41) is 33.7. The van der Waals surface area contributed by atoms with Gasteiger partial charge >= 0.3 is 67.7 Å². The molecular weight excluding hydrogens is 771 g/mol. The van der Waals surface area contributed by atoms with E-state index in [-0.39, 0.29) is 188 Å². The van der Waals surface area contributed by atoms with Crippen molar-refractivity contribution in [2.45, 2.75) is 171 Å². The Morgan fingerprint density at radius 3 is 1.36 bits per heavy atom. The summed E-state index contributed by atoms with van der Waals surface area (Å²) < 4.78 is 17.7. The van der Waals surface area contributed by atoms with E-state index in [1.807, 2.05) is 7.05 Å². The molecule has 0 saturated heterocycles. The fraction of sp³-hybridized carbons (Fsp3) is 0.921. The van der Waals surface area contributed by atoms with Gasteiger partial charge in [0.15, 0.2) is 24.4 Å². The fourth-order valence-corrected chi connectivity index (χ4v) is 13.4. The van der Waals surface area contributed by atoms with Gasteiger partial charge in [-0.3, -0.25) is 4.48 Å². The molecule has 1 heterocycles. The predicted octanol–water partition coefficient (Wildman–Crippen LogP) is 1.44. The second-order valence-corrected chi connectivity index (χ2v) is 18.6. The quantitative estimate of drug-likeness (QED) is 0.162. The number of carboxylic acids is 2. The number of rotatable bonds is 17. The van der Waals surface area contributed by atoms with Gasteiger partial charge in [0.05, 0.1) is 37.4 Å². The van der Waals surface area contributed by atoms with Crippen LogP contribution in [0.3, 0.4) is 0 Å². The zero-order valence-corrected chi connectivity index (χ0v) is 34.3. The van der Waals surface area contributed by atoms with Crippen LogP contribution in [0.25, 0.3) is 0 Å². The molecule has 12 nitrogen and oxygen atoms in total. The van der Waals surface area contributed by atoms with Gasteiger partial charge < -0.3 is 48.1 Å². The average molecular weight is 885 g/mol. The smallest absolute Gasteiger partial charge is 0.544 e. The van der Waals surface area contributed by atoms with Crippen LogP contribution in [0, 0.1) is 0 Å². The van der Waals surface area contributed by atoms with Gasteiger partial charge in [-0.05, 0) is 59.4 Å². The Balaban J connectivity index is -0.0000000197. The van der Waals surface area contributed by atoms with Gasteiger partial charge in [0.1, 0.15) is 19.6 Å². The molecule has 0 bridgehead atoms. The Kier molecular flexibility index (Phi) is 163. The number of aliphatic hydroxyl groups excluding tert-OH is 1. The van der Waals surface area contributed by atoms with E-state index in [0.29, 0.717) is 32.5 Å². The van der Waals surface area contributed by atoms with Crippen molar-refractivity contribution in [3.05, 3.63) is 0 Å². The number of hydrogen-bond donors (Lipinski definition) is 2. The Bertz CT molecular complexity index is 668. The molecule has 0 amide bonds. The van der Waals surface area contributed by atoms with Gasteiger partial charge in [-0.1, -0.05) is 132 Å². The average Bonchev–Trinajstić information content (AvgIpc) is 3.20. The van der Waals surface area contributed by atoms with Crippen LogP contribution in [0.15, 0.2) is 4.99 Å². The Morgan fingerprint density at radius 1 is 0.800 bits per heavy atom. The number of carboxylic acid groups (broad SMARTS) is 2. The van der Waals surface area contributed by atoms with Crippen LogP contribution >= 0.6 is 0 Å². The Labute approximate surface area is 401 Å². The first-order valence-corrected chi connectivity index (χ1v) is 21.5. The van der Waals surface area contributed by atoms with Crippen molar-refractivity contribution in [2.24, 2.45) is 4.99 Å². The maximum absolute atomic E-state index is 10.3. The maximum atomic E-state index is 10.3. The largest absolute Gasteiger partial charge is 1.00 e. The molecule has 0 aliphatic carbocycles. The number of carbonyl (C=O) groups excluding carboxylic acids is 2. The first kappa shape index (κ1) is 124. The van der Waals surface area contributed by atoms with Crippen molar-refractivity contribution in [3.63, 3.8) is 0 Å². The van der Waals surface area contributed by atoms with E-state index in [1.165, 1.54) is 6.34 Å². The number of ether oxygens (including phenoxy) is 1. The number of nitrogens with zero attached hydrogens (tertiary/aromatic N) is 3. The van der Waals surface area contributed by atoms with Crippen LogP contribution < -0.4 is 74.6 Å². The van der Waals surface area contributed by atoms with Gasteiger partial charge in [-0.15, -0.1) is 0 Å². The molecule has 1 aliphatic rings. The minimum absolute atomic E-state index is 0. The number of carbonyl (C=O) groups is 2. The van der Waals surface area contributed by atoms with Crippen molar-refractivity contribution >= 4 is 44.9 Å². The Hall–Kier alpha value is 0.981. The molecule has 1 aliphatic heterocycles. The third-order valence-electron chi connectivity index (χ3n) is 5.10. The van der Waals surface area contributed by atoms with Crippen molar-refractivity contribution in [1.29, 1.82) is 0 Å². The number of aliphatic imine (C=N–C) groups is 1. The third kappa shape index (κ3) is 76.3. The van der Waals surface area contributed by atoms with E-state index in [2.05, 4.69) is 68.7 Å². The van der Waals surface area contributed by atoms with Crippen molar-refractivity contribution in [2.75, 3.05) is 72.2 Å². The van der Waals surface area contributed by atoms with Crippen molar-refractivity contribution < 1.29 is 101 Å². The first-order valence-electron chi connectivity index (χ1n) is 13.4. The summed E-state index contributed by atoms with van der Waals surface area (Å²) in [5.41, 5.74) is 0. The summed E-state index contributed by atoms with van der Waals surface area (Å²) in [7, 11) is -2.51. The molecule has 17 heteroatoms. The van der Waals surface area contributed by atoms with E-state index in [4.69, 9.17) is 13.0 Å². The molecule has 55 heavy (non-hydrogen) atoms. The third-order valence-corrected chi connectivity index (χ3v) is 13.6. The summed E-state index contributed by atoms with van der Waals surface area (Å²) in [4.78, 5) is 26.6. The van der Waals surface area contributed by atoms with E-state index in [0.717, 1.165) is 19.6 Å². The predicted molar refractivity (Wildman–Crippen MR) is 255 cm³/mol. The summed E-state index contributed by atoms with van der Waals surface area (Å²) in [6.07, 6.45) is 1.40. The van der Waals surface area contributed by atoms with E-state index < -0.39 is 44.7 Å². The van der Waals surface area contributed by atoms with Gasteiger partial charge in [-0.25, -0.2) is 4.99 Å². The fourth-order valence-electron chi connectivity index (χ4n) is 3.62. The summed E-state index contributed by atoms with van der Waals surface area (Å²) in [6.45, 7) is 21.2. The molecule has 0 fully saturated rings. The van der Waals surface area contributed by atoms with E-state index in [1.54, 1.807) is 0 Å². The number of aliphatic hydroxyl groups is 1. The SMILES string of the molecule is C.C.C.C.C.C.C.C.C.C.C.C.C.C.C.CCN(C)CC(O)COC[Si](C)(O[SiH](C)C)O[SiH](C)C.CCNCC.O=C([O-])C[N+]1(CC(=O)[O-])C=NCC1.[Na+].[Na+]. The summed E-state index contributed by atoms with van der Waals surface area (Å²) in [5.74, 6) is -2.57. The molecule has 0 saturated carbocycles. The zero-order valence-electron chi connectivity index (χ0n) is 27.0. The van der Waals surface area contributed by atoms with E-state index in [9.17, 15) is 24.9 Å². The van der Waals surface area contributed by atoms with Crippen LogP contribution in [0.2, 0.25) is 32.7 Å².